The Labute approximate surface area is 112 Å². The smallest absolute Gasteiger partial charge is 0.154 e. The largest absolute Gasteiger partial charge is 0.373 e. The van der Waals surface area contributed by atoms with Gasteiger partial charge in [0.1, 0.15) is 23.8 Å². The van der Waals surface area contributed by atoms with E-state index in [0.29, 0.717) is 0 Å². The molecule has 0 aromatic carbocycles. The molecule has 2 heterocycles. The van der Waals surface area contributed by atoms with Crippen molar-refractivity contribution in [2.45, 2.75) is 26.3 Å². The van der Waals surface area contributed by atoms with Crippen molar-refractivity contribution in [2.24, 2.45) is 7.05 Å². The summed E-state index contributed by atoms with van der Waals surface area (Å²) in [6.07, 6.45) is 2.48. The predicted molar refractivity (Wildman–Crippen MR) is 74.0 cm³/mol. The summed E-state index contributed by atoms with van der Waals surface area (Å²) in [6, 6.07) is 1.91. The van der Waals surface area contributed by atoms with Gasteiger partial charge in [0, 0.05) is 26.6 Å². The molecule has 7 heteroatoms. The summed E-state index contributed by atoms with van der Waals surface area (Å²) in [5.74, 6) is 3.26. The van der Waals surface area contributed by atoms with Crippen LogP contribution in [0.25, 0.3) is 0 Å². The molecular weight excluding hydrogens is 242 g/mol. The molecule has 2 N–H and O–H groups in total. The van der Waals surface area contributed by atoms with Gasteiger partial charge in [-0.15, -0.1) is 10.2 Å². The summed E-state index contributed by atoms with van der Waals surface area (Å²) in [5.41, 5.74) is 0. The zero-order chi connectivity index (χ0) is 13.8. The highest BCUT2D eigenvalue weighted by Gasteiger charge is 2.12. The van der Waals surface area contributed by atoms with E-state index in [1.807, 2.05) is 38.6 Å². The molecule has 0 aliphatic heterocycles. The summed E-state index contributed by atoms with van der Waals surface area (Å²) in [4.78, 5) is 8.82. The molecule has 0 saturated heterocycles. The lowest BCUT2D eigenvalue weighted by Crippen LogP contribution is -2.14. The van der Waals surface area contributed by atoms with E-state index in [1.54, 1.807) is 6.33 Å². The second-order valence-corrected chi connectivity index (χ2v) is 4.32. The molecule has 0 aliphatic carbocycles. The topological polar surface area (TPSA) is 80.5 Å². The second-order valence-electron chi connectivity index (χ2n) is 4.32. The number of hydrogen-bond donors (Lipinski definition) is 2. The van der Waals surface area contributed by atoms with Gasteiger partial charge in [0.25, 0.3) is 0 Å². The van der Waals surface area contributed by atoms with Crippen LogP contribution in [0.3, 0.4) is 0 Å². The van der Waals surface area contributed by atoms with Crippen LogP contribution in [-0.4, -0.2) is 31.8 Å². The maximum absolute atomic E-state index is 4.46. The lowest BCUT2D eigenvalue weighted by Gasteiger charge is -2.14. The molecular formula is C12H19N7. The fourth-order valence-corrected chi connectivity index (χ4v) is 1.83. The Morgan fingerprint density at radius 1 is 1.32 bits per heavy atom. The number of aromatic nitrogens is 5. The average molecular weight is 261 g/mol. The third-order valence-corrected chi connectivity index (χ3v) is 2.84. The van der Waals surface area contributed by atoms with Gasteiger partial charge in [0.15, 0.2) is 5.82 Å². The molecule has 19 heavy (non-hydrogen) atoms. The van der Waals surface area contributed by atoms with Gasteiger partial charge in [-0.3, -0.25) is 0 Å². The van der Waals surface area contributed by atoms with Crippen molar-refractivity contribution in [1.29, 1.82) is 0 Å². The highest BCUT2D eigenvalue weighted by atomic mass is 15.3. The van der Waals surface area contributed by atoms with Crippen molar-refractivity contribution in [3.63, 3.8) is 0 Å². The zero-order valence-electron chi connectivity index (χ0n) is 11.7. The van der Waals surface area contributed by atoms with Crippen LogP contribution in [0.2, 0.25) is 0 Å². The van der Waals surface area contributed by atoms with Crippen LogP contribution in [0.5, 0.6) is 0 Å². The van der Waals surface area contributed by atoms with Crippen molar-refractivity contribution in [3.05, 3.63) is 24.0 Å². The lowest BCUT2D eigenvalue weighted by molar-refractivity contribution is 0.715. The van der Waals surface area contributed by atoms with E-state index in [-0.39, 0.29) is 6.04 Å². The molecule has 102 valence electrons. The third-order valence-electron chi connectivity index (χ3n) is 2.84. The normalized spacial score (nSPS) is 12.2. The van der Waals surface area contributed by atoms with Gasteiger partial charge in [-0.25, -0.2) is 9.97 Å². The van der Waals surface area contributed by atoms with E-state index in [4.69, 9.17) is 0 Å². The maximum Gasteiger partial charge on any atom is 0.154 e. The van der Waals surface area contributed by atoms with Crippen LogP contribution in [0.4, 0.5) is 11.6 Å². The van der Waals surface area contributed by atoms with E-state index >= 15 is 0 Å². The maximum atomic E-state index is 4.46. The Morgan fingerprint density at radius 3 is 2.63 bits per heavy atom. The van der Waals surface area contributed by atoms with Crippen molar-refractivity contribution in [2.75, 3.05) is 17.7 Å². The Morgan fingerprint density at radius 2 is 2.05 bits per heavy atom. The van der Waals surface area contributed by atoms with Crippen molar-refractivity contribution in [3.8, 4) is 0 Å². The molecule has 0 spiro atoms. The molecule has 2 aromatic heterocycles. The molecule has 2 aromatic rings. The summed E-state index contributed by atoms with van der Waals surface area (Å²) in [6.45, 7) is 4.06. The van der Waals surface area contributed by atoms with Gasteiger partial charge in [-0.2, -0.15) is 0 Å². The summed E-state index contributed by atoms with van der Waals surface area (Å²) in [5, 5.41) is 14.3. The van der Waals surface area contributed by atoms with Gasteiger partial charge in [-0.05, 0) is 6.92 Å². The van der Waals surface area contributed by atoms with E-state index in [2.05, 4.69) is 30.8 Å². The minimum Gasteiger partial charge on any atom is -0.373 e. The van der Waals surface area contributed by atoms with Gasteiger partial charge in [0.05, 0.1) is 6.04 Å². The highest BCUT2D eigenvalue weighted by Crippen LogP contribution is 2.17. The van der Waals surface area contributed by atoms with Crippen LogP contribution in [0, 0.1) is 0 Å². The number of aryl methyl sites for hydroxylation is 2. The SMILES string of the molecule is CCc1nc(NC)cc(NC(C)c2nncn2C)n1. The number of nitrogens with zero attached hydrogens (tertiary/aromatic N) is 5. The van der Waals surface area contributed by atoms with Crippen LogP contribution in [0.1, 0.15) is 31.5 Å². The highest BCUT2D eigenvalue weighted by molar-refractivity contribution is 5.48. The van der Waals surface area contributed by atoms with Crippen LogP contribution in [0.15, 0.2) is 12.4 Å². The molecule has 0 fully saturated rings. The van der Waals surface area contributed by atoms with Gasteiger partial charge in [0.2, 0.25) is 0 Å². The van der Waals surface area contributed by atoms with E-state index in [1.165, 1.54) is 0 Å². The number of nitrogens with one attached hydrogen (secondary N) is 2. The molecule has 2 rings (SSSR count). The van der Waals surface area contributed by atoms with Crippen molar-refractivity contribution >= 4 is 11.6 Å². The number of hydrogen-bond acceptors (Lipinski definition) is 6. The quantitative estimate of drug-likeness (QED) is 0.846. The number of rotatable bonds is 5. The molecule has 0 bridgehead atoms. The third kappa shape index (κ3) is 2.98. The standard InChI is InChI=1S/C12H19N7/c1-5-9-16-10(13-3)6-11(17-9)15-8(2)12-18-14-7-19(12)4/h6-8H,5H2,1-4H3,(H2,13,15,16,17). The predicted octanol–water partition coefficient (Wildman–Crippen LogP) is 1.38. The number of anilines is 2. The molecule has 7 nitrogen and oxygen atoms in total. The Kier molecular flexibility index (Phi) is 3.94. The van der Waals surface area contributed by atoms with Crippen LogP contribution < -0.4 is 10.6 Å². The molecule has 1 unspecified atom stereocenters. The minimum absolute atomic E-state index is 0.0248. The van der Waals surface area contributed by atoms with E-state index in [9.17, 15) is 0 Å². The van der Waals surface area contributed by atoms with Crippen molar-refractivity contribution in [1.82, 2.24) is 24.7 Å². The molecule has 0 saturated carbocycles. The zero-order valence-corrected chi connectivity index (χ0v) is 11.7. The summed E-state index contributed by atoms with van der Waals surface area (Å²) in [7, 11) is 3.77. The van der Waals surface area contributed by atoms with Crippen LogP contribution >= 0.6 is 0 Å². The fourth-order valence-electron chi connectivity index (χ4n) is 1.83. The molecule has 0 radical (unpaired) electrons. The van der Waals surface area contributed by atoms with Crippen molar-refractivity contribution < 1.29 is 0 Å². The summed E-state index contributed by atoms with van der Waals surface area (Å²) < 4.78 is 1.89. The fraction of sp³-hybridized carbons (Fsp3) is 0.500. The average Bonchev–Trinajstić information content (AvgIpc) is 2.84. The summed E-state index contributed by atoms with van der Waals surface area (Å²) >= 11 is 0. The van der Waals surface area contributed by atoms with Gasteiger partial charge in [-0.1, -0.05) is 6.92 Å². The molecule has 1 atom stereocenters. The first-order valence-corrected chi connectivity index (χ1v) is 6.30. The first-order valence-electron chi connectivity index (χ1n) is 6.30. The Hall–Kier alpha value is -2.18. The Bertz CT molecular complexity index is 527. The first kappa shape index (κ1) is 13.3. The van der Waals surface area contributed by atoms with E-state index < -0.39 is 0 Å². The monoisotopic (exact) mass is 261 g/mol. The van der Waals surface area contributed by atoms with Crippen LogP contribution in [-0.2, 0) is 13.5 Å². The molecule has 0 amide bonds. The first-order chi connectivity index (χ1) is 9.13. The lowest BCUT2D eigenvalue weighted by atomic mass is 10.3. The van der Waals surface area contributed by atoms with Gasteiger partial charge >= 0.3 is 0 Å². The molecule has 0 aliphatic rings. The second kappa shape index (κ2) is 5.64. The Balaban J connectivity index is 2.21. The van der Waals surface area contributed by atoms with Gasteiger partial charge < -0.3 is 15.2 Å². The minimum atomic E-state index is 0.0248. The van der Waals surface area contributed by atoms with E-state index in [0.717, 1.165) is 29.7 Å².